The number of carbonyl (C=O) groups is 1. The molecule has 0 amide bonds. The molecule has 0 unspecified atom stereocenters. The Balaban J connectivity index is 2.03. The number of benzene rings is 1. The van der Waals surface area contributed by atoms with Gasteiger partial charge in [-0.25, -0.2) is 4.68 Å². The summed E-state index contributed by atoms with van der Waals surface area (Å²) in [5, 5.41) is 4.99. The average molecular weight is 305 g/mol. The number of hydrogen-bond donors (Lipinski definition) is 0. The third kappa shape index (κ3) is 2.56. The van der Waals surface area contributed by atoms with Gasteiger partial charge in [0.05, 0.1) is 24.1 Å². The monoisotopic (exact) mass is 304 g/mol. The van der Waals surface area contributed by atoms with E-state index in [1.54, 1.807) is 11.8 Å². The number of rotatable bonds is 4. The van der Waals surface area contributed by atoms with Crippen LogP contribution in [0.2, 0.25) is 5.15 Å². The van der Waals surface area contributed by atoms with E-state index in [1.165, 1.54) is 12.8 Å². The van der Waals surface area contributed by atoms with Crippen LogP contribution in [0.3, 0.4) is 0 Å². The van der Waals surface area contributed by atoms with Gasteiger partial charge >= 0.3 is 0 Å². The number of methoxy groups -OCH3 is 1. The Bertz CT molecular complexity index is 643. The molecular formula is C16H17ClN2O2. The van der Waals surface area contributed by atoms with Crippen molar-refractivity contribution < 1.29 is 9.53 Å². The molecule has 3 rings (SSSR count). The fourth-order valence-corrected chi connectivity index (χ4v) is 3.21. The molecule has 110 valence electrons. The van der Waals surface area contributed by atoms with Crippen LogP contribution in [0.1, 0.15) is 47.7 Å². The SMILES string of the molecule is COc1ccc(-n2nc(C3CCCC3)c(C=O)c2Cl)cc1. The van der Waals surface area contributed by atoms with Crippen LogP contribution in [0.4, 0.5) is 0 Å². The number of carbonyl (C=O) groups excluding carboxylic acids is 1. The molecule has 0 spiro atoms. The molecule has 1 saturated carbocycles. The highest BCUT2D eigenvalue weighted by atomic mass is 35.5. The normalized spacial score (nSPS) is 15.3. The van der Waals surface area contributed by atoms with Gasteiger partial charge < -0.3 is 4.74 Å². The first-order valence-electron chi connectivity index (χ1n) is 7.12. The van der Waals surface area contributed by atoms with Gasteiger partial charge in [0.2, 0.25) is 0 Å². The summed E-state index contributed by atoms with van der Waals surface area (Å²) in [5.41, 5.74) is 2.19. The Labute approximate surface area is 128 Å². The Morgan fingerprint density at radius 2 is 1.95 bits per heavy atom. The molecule has 0 radical (unpaired) electrons. The van der Waals surface area contributed by atoms with E-state index in [0.717, 1.165) is 36.3 Å². The second-order valence-electron chi connectivity index (χ2n) is 5.30. The van der Waals surface area contributed by atoms with Crippen LogP contribution in [-0.2, 0) is 0 Å². The maximum absolute atomic E-state index is 11.4. The van der Waals surface area contributed by atoms with Crippen molar-refractivity contribution in [2.45, 2.75) is 31.6 Å². The summed E-state index contributed by atoms with van der Waals surface area (Å²) in [6.45, 7) is 0. The number of aromatic nitrogens is 2. The number of nitrogens with zero attached hydrogens (tertiary/aromatic N) is 2. The minimum absolute atomic E-state index is 0.349. The zero-order valence-electron chi connectivity index (χ0n) is 11.9. The molecule has 4 nitrogen and oxygen atoms in total. The minimum Gasteiger partial charge on any atom is -0.497 e. The molecule has 0 atom stereocenters. The molecule has 1 aromatic heterocycles. The first kappa shape index (κ1) is 14.1. The van der Waals surface area contributed by atoms with Crippen LogP contribution < -0.4 is 4.74 Å². The van der Waals surface area contributed by atoms with Crippen molar-refractivity contribution >= 4 is 17.9 Å². The summed E-state index contributed by atoms with van der Waals surface area (Å²) in [4.78, 5) is 11.4. The second kappa shape index (κ2) is 5.90. The zero-order chi connectivity index (χ0) is 14.8. The van der Waals surface area contributed by atoms with Gasteiger partial charge in [0.15, 0.2) is 6.29 Å². The molecule has 1 aromatic carbocycles. The minimum atomic E-state index is 0.349. The predicted molar refractivity (Wildman–Crippen MR) is 81.7 cm³/mol. The highest BCUT2D eigenvalue weighted by Crippen LogP contribution is 2.37. The summed E-state index contributed by atoms with van der Waals surface area (Å²) in [5.74, 6) is 1.12. The van der Waals surface area contributed by atoms with E-state index < -0.39 is 0 Å². The summed E-state index contributed by atoms with van der Waals surface area (Å²) < 4.78 is 6.79. The Hall–Kier alpha value is -1.81. The molecule has 5 heteroatoms. The summed E-state index contributed by atoms with van der Waals surface area (Å²) in [6.07, 6.45) is 5.36. The van der Waals surface area contributed by atoms with E-state index in [9.17, 15) is 4.79 Å². The van der Waals surface area contributed by atoms with Crippen molar-refractivity contribution in [1.82, 2.24) is 9.78 Å². The second-order valence-corrected chi connectivity index (χ2v) is 5.66. The molecule has 0 aliphatic heterocycles. The number of halogens is 1. The fourth-order valence-electron chi connectivity index (χ4n) is 2.93. The van der Waals surface area contributed by atoms with Gasteiger partial charge in [-0.2, -0.15) is 5.10 Å². The van der Waals surface area contributed by atoms with E-state index in [2.05, 4.69) is 5.10 Å². The van der Waals surface area contributed by atoms with Crippen LogP contribution in [0, 0.1) is 0 Å². The third-order valence-corrected chi connectivity index (χ3v) is 4.43. The molecule has 21 heavy (non-hydrogen) atoms. The lowest BCUT2D eigenvalue weighted by atomic mass is 10.0. The van der Waals surface area contributed by atoms with Crippen molar-refractivity contribution in [3.63, 3.8) is 0 Å². The van der Waals surface area contributed by atoms with E-state index in [1.807, 2.05) is 24.3 Å². The Morgan fingerprint density at radius 1 is 1.29 bits per heavy atom. The predicted octanol–water partition coefficient (Wildman–Crippen LogP) is 4.00. The lowest BCUT2D eigenvalue weighted by Gasteiger charge is -2.06. The molecule has 1 aliphatic carbocycles. The average Bonchev–Trinajstić information content (AvgIpc) is 3.15. The van der Waals surface area contributed by atoms with Gasteiger partial charge in [-0.15, -0.1) is 0 Å². The summed E-state index contributed by atoms with van der Waals surface area (Å²) in [6, 6.07) is 7.46. The Kier molecular flexibility index (Phi) is 3.97. The van der Waals surface area contributed by atoms with Crippen molar-refractivity contribution in [2.75, 3.05) is 7.11 Å². The van der Waals surface area contributed by atoms with Gasteiger partial charge in [-0.05, 0) is 37.1 Å². The smallest absolute Gasteiger partial charge is 0.155 e. The maximum atomic E-state index is 11.4. The highest BCUT2D eigenvalue weighted by Gasteiger charge is 2.26. The van der Waals surface area contributed by atoms with Gasteiger partial charge in [0, 0.05) is 5.92 Å². The van der Waals surface area contributed by atoms with Crippen LogP contribution in [0.5, 0.6) is 5.75 Å². The number of ether oxygens (including phenoxy) is 1. The van der Waals surface area contributed by atoms with Gasteiger partial charge in [0.25, 0.3) is 0 Å². The van der Waals surface area contributed by atoms with E-state index in [-0.39, 0.29) is 0 Å². The topological polar surface area (TPSA) is 44.1 Å². The molecule has 1 heterocycles. The number of aldehydes is 1. The molecule has 0 N–H and O–H groups in total. The molecule has 0 bridgehead atoms. The van der Waals surface area contributed by atoms with Crippen LogP contribution in [0.25, 0.3) is 5.69 Å². The lowest BCUT2D eigenvalue weighted by Crippen LogP contribution is -2.00. The van der Waals surface area contributed by atoms with Crippen molar-refractivity contribution in [2.24, 2.45) is 0 Å². The lowest BCUT2D eigenvalue weighted by molar-refractivity contribution is 0.112. The zero-order valence-corrected chi connectivity index (χ0v) is 12.6. The fraction of sp³-hybridized carbons (Fsp3) is 0.375. The van der Waals surface area contributed by atoms with Crippen LogP contribution in [-0.4, -0.2) is 23.2 Å². The van der Waals surface area contributed by atoms with Crippen LogP contribution in [0.15, 0.2) is 24.3 Å². The van der Waals surface area contributed by atoms with E-state index in [0.29, 0.717) is 16.6 Å². The molecule has 1 fully saturated rings. The Morgan fingerprint density at radius 3 is 2.52 bits per heavy atom. The van der Waals surface area contributed by atoms with Crippen molar-refractivity contribution in [3.05, 3.63) is 40.7 Å². The van der Waals surface area contributed by atoms with E-state index >= 15 is 0 Å². The molecule has 2 aromatic rings. The van der Waals surface area contributed by atoms with Gasteiger partial charge in [0.1, 0.15) is 10.9 Å². The maximum Gasteiger partial charge on any atom is 0.155 e. The summed E-state index contributed by atoms with van der Waals surface area (Å²) >= 11 is 6.35. The molecule has 0 saturated heterocycles. The van der Waals surface area contributed by atoms with Crippen LogP contribution >= 0.6 is 11.6 Å². The number of hydrogen-bond acceptors (Lipinski definition) is 3. The third-order valence-electron chi connectivity index (χ3n) is 4.07. The standard InChI is InChI=1S/C16H17ClN2O2/c1-21-13-8-6-12(7-9-13)19-16(17)14(10-20)15(18-19)11-4-2-3-5-11/h6-11H,2-5H2,1H3. The first-order valence-corrected chi connectivity index (χ1v) is 7.50. The quantitative estimate of drug-likeness (QED) is 0.802. The molecule has 1 aliphatic rings. The largest absolute Gasteiger partial charge is 0.497 e. The van der Waals surface area contributed by atoms with Gasteiger partial charge in [-0.3, -0.25) is 4.79 Å². The van der Waals surface area contributed by atoms with Crippen molar-refractivity contribution in [1.29, 1.82) is 0 Å². The first-order chi connectivity index (χ1) is 10.2. The highest BCUT2D eigenvalue weighted by molar-refractivity contribution is 6.32. The van der Waals surface area contributed by atoms with E-state index in [4.69, 9.17) is 16.3 Å². The van der Waals surface area contributed by atoms with Gasteiger partial charge in [-0.1, -0.05) is 24.4 Å². The molecular weight excluding hydrogens is 288 g/mol. The summed E-state index contributed by atoms with van der Waals surface area (Å²) in [7, 11) is 1.62. The van der Waals surface area contributed by atoms with Crippen molar-refractivity contribution in [3.8, 4) is 11.4 Å².